The first-order chi connectivity index (χ1) is 4.93. The Kier molecular flexibility index (Phi) is 4.70. The molecule has 0 aromatic heterocycles. The van der Waals surface area contributed by atoms with Crippen LogP contribution in [0.2, 0.25) is 0 Å². The summed E-state index contributed by atoms with van der Waals surface area (Å²) in [6, 6.07) is 0. The average Bonchev–Trinajstić information content (AvgIpc) is 1.90. The van der Waals surface area contributed by atoms with Crippen molar-refractivity contribution >= 4 is 35.3 Å². The second kappa shape index (κ2) is 4.30. The molecule has 1 nitrogen and oxygen atoms in total. The Morgan fingerprint density at radius 1 is 0.909 bits per heavy atom. The van der Waals surface area contributed by atoms with Crippen LogP contribution in [0.25, 0.3) is 0 Å². The third-order valence-corrected chi connectivity index (χ3v) is 7.67. The van der Waals surface area contributed by atoms with Crippen LogP contribution in [0.3, 0.4) is 0 Å². The van der Waals surface area contributed by atoms with E-state index in [1.807, 2.05) is 32.6 Å². The van der Waals surface area contributed by atoms with Crippen molar-refractivity contribution in [3.8, 4) is 0 Å². The molecule has 0 unspecified atom stereocenters. The van der Waals surface area contributed by atoms with Gasteiger partial charge in [-0.2, -0.15) is 0 Å². The minimum Gasteiger partial charge on any atom is -0.387 e. The summed E-state index contributed by atoms with van der Waals surface area (Å²) in [6.45, 7) is 3.72. The Balaban J connectivity index is 4.54. The van der Waals surface area contributed by atoms with Crippen LogP contribution in [0.15, 0.2) is 0 Å². The fourth-order valence-corrected chi connectivity index (χ4v) is 4.50. The van der Waals surface area contributed by atoms with Crippen LogP contribution < -0.4 is 0 Å². The van der Waals surface area contributed by atoms with Crippen molar-refractivity contribution in [1.29, 1.82) is 0 Å². The van der Waals surface area contributed by atoms with Gasteiger partial charge in [-0.3, -0.25) is 0 Å². The van der Waals surface area contributed by atoms with Gasteiger partial charge in [-0.1, -0.05) is 0 Å². The van der Waals surface area contributed by atoms with Crippen molar-refractivity contribution in [2.24, 2.45) is 0 Å². The fourth-order valence-electron chi connectivity index (χ4n) is 0.999. The number of hydrogen-bond acceptors (Lipinski definition) is 4. The summed E-state index contributed by atoms with van der Waals surface area (Å²) in [5, 5.41) is 9.87. The first-order valence-corrected chi connectivity index (χ1v) is 6.98. The zero-order valence-corrected chi connectivity index (χ0v) is 10.1. The maximum Gasteiger partial charge on any atom is 0.134 e. The molecule has 0 aliphatic carbocycles. The largest absolute Gasteiger partial charge is 0.387 e. The summed E-state index contributed by atoms with van der Waals surface area (Å²) >= 11 is 5.10. The third kappa shape index (κ3) is 2.47. The molecule has 0 atom stereocenters. The van der Waals surface area contributed by atoms with E-state index in [1.54, 1.807) is 35.3 Å². The molecule has 0 heterocycles. The zero-order chi connectivity index (χ0) is 9.12. The van der Waals surface area contributed by atoms with E-state index >= 15 is 0 Å². The standard InChI is InChI=1S/C7H16OS3/c1-6(2,8)7(9-3,10-4)11-5/h8H,1-5H3. The maximum atomic E-state index is 9.87. The number of thioether (sulfide) groups is 3. The fraction of sp³-hybridized carbons (Fsp3) is 1.00. The number of rotatable bonds is 4. The van der Waals surface area contributed by atoms with Crippen molar-refractivity contribution in [3.05, 3.63) is 0 Å². The topological polar surface area (TPSA) is 20.2 Å². The average molecular weight is 212 g/mol. The van der Waals surface area contributed by atoms with Gasteiger partial charge in [0.25, 0.3) is 0 Å². The number of hydrogen-bond donors (Lipinski definition) is 1. The molecular formula is C7H16OS3. The van der Waals surface area contributed by atoms with E-state index in [1.165, 1.54) is 0 Å². The van der Waals surface area contributed by atoms with Crippen LogP contribution >= 0.6 is 35.3 Å². The first kappa shape index (κ1) is 12.0. The van der Waals surface area contributed by atoms with Crippen molar-refractivity contribution in [1.82, 2.24) is 0 Å². The predicted octanol–water partition coefficient (Wildman–Crippen LogP) is 2.50. The molecule has 0 amide bonds. The second-order valence-corrected chi connectivity index (χ2v) is 6.56. The van der Waals surface area contributed by atoms with Gasteiger partial charge in [0.15, 0.2) is 0 Å². The molecule has 0 aromatic carbocycles. The quantitative estimate of drug-likeness (QED) is 0.722. The van der Waals surface area contributed by atoms with Crippen LogP contribution in [0.4, 0.5) is 0 Å². The van der Waals surface area contributed by atoms with E-state index in [9.17, 15) is 5.11 Å². The lowest BCUT2D eigenvalue weighted by molar-refractivity contribution is 0.0910. The molecular weight excluding hydrogens is 196 g/mol. The second-order valence-electron chi connectivity index (χ2n) is 2.73. The van der Waals surface area contributed by atoms with Crippen molar-refractivity contribution in [2.75, 3.05) is 18.8 Å². The minimum atomic E-state index is -0.648. The van der Waals surface area contributed by atoms with Gasteiger partial charge < -0.3 is 5.11 Å². The zero-order valence-electron chi connectivity index (χ0n) is 7.67. The molecule has 0 fully saturated rings. The van der Waals surface area contributed by atoms with E-state index in [0.717, 1.165) is 0 Å². The summed E-state index contributed by atoms with van der Waals surface area (Å²) in [6.07, 6.45) is 6.10. The Morgan fingerprint density at radius 3 is 1.18 bits per heavy atom. The lowest BCUT2D eigenvalue weighted by atomic mass is 10.2. The summed E-state index contributed by atoms with van der Waals surface area (Å²) in [5.74, 6) is 0. The highest BCUT2D eigenvalue weighted by atomic mass is 32.3. The first-order valence-electron chi connectivity index (χ1n) is 3.31. The molecule has 0 rings (SSSR count). The molecule has 4 heteroatoms. The van der Waals surface area contributed by atoms with Crippen molar-refractivity contribution < 1.29 is 5.11 Å². The Labute approximate surface area is 82.1 Å². The van der Waals surface area contributed by atoms with Crippen LogP contribution in [-0.2, 0) is 0 Å². The van der Waals surface area contributed by atoms with Gasteiger partial charge >= 0.3 is 0 Å². The van der Waals surface area contributed by atoms with Crippen molar-refractivity contribution in [3.63, 3.8) is 0 Å². The highest BCUT2D eigenvalue weighted by Crippen LogP contribution is 2.50. The number of aliphatic hydroxyl groups is 1. The molecule has 0 aliphatic rings. The highest BCUT2D eigenvalue weighted by Gasteiger charge is 2.42. The Morgan fingerprint density at radius 2 is 1.18 bits per heavy atom. The third-order valence-electron chi connectivity index (χ3n) is 1.56. The summed E-state index contributed by atoms with van der Waals surface area (Å²) in [4.78, 5) is 0. The molecule has 0 radical (unpaired) electrons. The Bertz CT molecular complexity index is 107. The summed E-state index contributed by atoms with van der Waals surface area (Å²) in [5.41, 5.74) is -0.648. The van der Waals surface area contributed by atoms with E-state index in [-0.39, 0.29) is 3.41 Å². The van der Waals surface area contributed by atoms with Gasteiger partial charge in [-0.05, 0) is 32.6 Å². The molecule has 0 saturated heterocycles. The minimum absolute atomic E-state index is 0.132. The van der Waals surface area contributed by atoms with Gasteiger partial charge in [0.1, 0.15) is 3.41 Å². The lowest BCUT2D eigenvalue weighted by Crippen LogP contribution is -2.41. The van der Waals surface area contributed by atoms with E-state index in [0.29, 0.717) is 0 Å². The lowest BCUT2D eigenvalue weighted by Gasteiger charge is -2.39. The van der Waals surface area contributed by atoms with Gasteiger partial charge in [-0.25, -0.2) is 0 Å². The van der Waals surface area contributed by atoms with Gasteiger partial charge in [0.2, 0.25) is 0 Å². The monoisotopic (exact) mass is 212 g/mol. The van der Waals surface area contributed by atoms with Crippen molar-refractivity contribution in [2.45, 2.75) is 22.9 Å². The molecule has 1 N–H and O–H groups in total. The SMILES string of the molecule is CSC(SC)(SC)C(C)(C)O. The normalized spacial score (nSPS) is 13.6. The molecule has 0 saturated carbocycles. The molecule has 0 spiro atoms. The molecule has 0 aromatic rings. The molecule has 0 bridgehead atoms. The molecule has 68 valence electrons. The predicted molar refractivity (Wildman–Crippen MR) is 59.6 cm³/mol. The van der Waals surface area contributed by atoms with E-state index in [4.69, 9.17) is 0 Å². The summed E-state index contributed by atoms with van der Waals surface area (Å²) < 4.78 is -0.132. The highest BCUT2D eigenvalue weighted by molar-refractivity contribution is 8.33. The summed E-state index contributed by atoms with van der Waals surface area (Å²) in [7, 11) is 0. The molecule has 0 aliphatic heterocycles. The smallest absolute Gasteiger partial charge is 0.134 e. The van der Waals surface area contributed by atoms with Gasteiger partial charge in [0.05, 0.1) is 5.60 Å². The van der Waals surface area contributed by atoms with E-state index in [2.05, 4.69) is 0 Å². The van der Waals surface area contributed by atoms with E-state index < -0.39 is 5.60 Å². The molecule has 11 heavy (non-hydrogen) atoms. The van der Waals surface area contributed by atoms with Crippen LogP contribution in [0, 0.1) is 0 Å². The van der Waals surface area contributed by atoms with Crippen LogP contribution in [0.1, 0.15) is 13.8 Å². The van der Waals surface area contributed by atoms with Gasteiger partial charge in [-0.15, -0.1) is 35.3 Å². The van der Waals surface area contributed by atoms with Crippen LogP contribution in [0.5, 0.6) is 0 Å². The maximum absolute atomic E-state index is 9.87. The van der Waals surface area contributed by atoms with Crippen LogP contribution in [-0.4, -0.2) is 32.9 Å². The Hall–Kier alpha value is 1.01. The van der Waals surface area contributed by atoms with Gasteiger partial charge in [0, 0.05) is 0 Å².